The van der Waals surface area contributed by atoms with Crippen molar-refractivity contribution in [2.24, 2.45) is 5.73 Å². The third-order valence-electron chi connectivity index (χ3n) is 6.05. The maximum absolute atomic E-state index is 12.6. The number of nitrogens with one attached hydrogen (secondary N) is 2. The summed E-state index contributed by atoms with van der Waals surface area (Å²) in [4.78, 5) is 48.7. The standard InChI is InChI=1S/C28H27N3O6/c29-26(33)14-24(25(32)15-30-27(34)36-16-18-8-2-1-3-9-18)31-28(35)37-17-23-21-12-6-4-10-19(21)20-11-5-7-13-22(20)23/h1-13,23-24H,14-17H2,(H2,29,33)(H,30,34)(H,31,35)/t24-/m0/s1. The van der Waals surface area contributed by atoms with Crippen molar-refractivity contribution < 1.29 is 28.7 Å². The van der Waals surface area contributed by atoms with Crippen LogP contribution in [0.5, 0.6) is 0 Å². The highest BCUT2D eigenvalue weighted by Gasteiger charge is 2.30. The average molecular weight is 502 g/mol. The molecule has 0 bridgehead atoms. The first-order valence-electron chi connectivity index (χ1n) is 11.8. The number of ether oxygens (including phenoxy) is 2. The van der Waals surface area contributed by atoms with E-state index in [1.54, 1.807) is 12.1 Å². The summed E-state index contributed by atoms with van der Waals surface area (Å²) in [6, 6.07) is 23.6. The maximum atomic E-state index is 12.6. The Kier molecular flexibility index (Phi) is 8.15. The Labute approximate surface area is 214 Å². The fourth-order valence-corrected chi connectivity index (χ4v) is 4.29. The Balaban J connectivity index is 1.31. The summed E-state index contributed by atoms with van der Waals surface area (Å²) in [5.41, 5.74) is 10.3. The van der Waals surface area contributed by atoms with E-state index in [0.717, 1.165) is 27.8 Å². The van der Waals surface area contributed by atoms with E-state index in [2.05, 4.69) is 10.6 Å². The molecular weight excluding hydrogens is 474 g/mol. The van der Waals surface area contributed by atoms with Crippen LogP contribution in [0, 0.1) is 0 Å². The number of carbonyl (C=O) groups is 4. The van der Waals surface area contributed by atoms with Gasteiger partial charge < -0.3 is 25.8 Å². The number of hydrogen-bond donors (Lipinski definition) is 3. The minimum Gasteiger partial charge on any atom is -0.449 e. The van der Waals surface area contributed by atoms with Gasteiger partial charge in [-0.2, -0.15) is 0 Å². The minimum absolute atomic E-state index is 0.0313. The molecule has 0 saturated carbocycles. The molecule has 3 amide bonds. The first kappa shape index (κ1) is 25.4. The van der Waals surface area contributed by atoms with E-state index in [0.29, 0.717) is 0 Å². The molecule has 9 heteroatoms. The highest BCUT2D eigenvalue weighted by molar-refractivity contribution is 5.94. The lowest BCUT2D eigenvalue weighted by molar-refractivity contribution is -0.125. The molecule has 4 N–H and O–H groups in total. The summed E-state index contributed by atoms with van der Waals surface area (Å²) < 4.78 is 10.5. The first-order chi connectivity index (χ1) is 17.9. The number of fused-ring (bicyclic) bond motifs is 3. The van der Waals surface area contributed by atoms with Gasteiger partial charge in [-0.25, -0.2) is 9.59 Å². The molecule has 0 fully saturated rings. The fraction of sp³-hybridized carbons (Fsp3) is 0.214. The zero-order chi connectivity index (χ0) is 26.2. The third-order valence-corrected chi connectivity index (χ3v) is 6.05. The van der Waals surface area contributed by atoms with Gasteiger partial charge in [0.05, 0.1) is 13.0 Å². The minimum atomic E-state index is -1.26. The van der Waals surface area contributed by atoms with Crippen molar-refractivity contribution in [3.05, 3.63) is 95.6 Å². The summed E-state index contributed by atoms with van der Waals surface area (Å²) in [6.45, 7) is -0.389. The molecule has 3 aromatic carbocycles. The number of Topliss-reactive ketones (excluding diaryl/α,β-unsaturated/α-hetero) is 1. The van der Waals surface area contributed by atoms with Crippen molar-refractivity contribution in [1.29, 1.82) is 0 Å². The van der Waals surface area contributed by atoms with Crippen LogP contribution < -0.4 is 16.4 Å². The van der Waals surface area contributed by atoms with E-state index < -0.39 is 42.9 Å². The highest BCUT2D eigenvalue weighted by atomic mass is 16.6. The van der Waals surface area contributed by atoms with Gasteiger partial charge in [-0.3, -0.25) is 9.59 Å². The lowest BCUT2D eigenvalue weighted by Gasteiger charge is -2.18. The summed E-state index contributed by atoms with van der Waals surface area (Å²) in [5.74, 6) is -1.57. The van der Waals surface area contributed by atoms with Gasteiger partial charge in [-0.15, -0.1) is 0 Å². The summed E-state index contributed by atoms with van der Waals surface area (Å²) >= 11 is 0. The average Bonchev–Trinajstić information content (AvgIpc) is 3.23. The zero-order valence-electron chi connectivity index (χ0n) is 20.0. The van der Waals surface area contributed by atoms with Crippen LogP contribution in [0.4, 0.5) is 9.59 Å². The van der Waals surface area contributed by atoms with E-state index >= 15 is 0 Å². The number of primary amides is 1. The molecule has 0 saturated heterocycles. The fourth-order valence-electron chi connectivity index (χ4n) is 4.29. The predicted octanol–water partition coefficient (Wildman–Crippen LogP) is 3.26. The topological polar surface area (TPSA) is 137 Å². The van der Waals surface area contributed by atoms with Gasteiger partial charge in [0, 0.05) is 5.92 Å². The monoisotopic (exact) mass is 501 g/mol. The molecule has 190 valence electrons. The van der Waals surface area contributed by atoms with Crippen LogP contribution in [0.15, 0.2) is 78.9 Å². The van der Waals surface area contributed by atoms with Gasteiger partial charge in [0.2, 0.25) is 5.91 Å². The highest BCUT2D eigenvalue weighted by Crippen LogP contribution is 2.44. The van der Waals surface area contributed by atoms with Crippen LogP contribution in [0.2, 0.25) is 0 Å². The Morgan fingerprint density at radius 2 is 1.38 bits per heavy atom. The smallest absolute Gasteiger partial charge is 0.407 e. The van der Waals surface area contributed by atoms with Crippen LogP contribution in [0.3, 0.4) is 0 Å². The van der Waals surface area contributed by atoms with E-state index in [4.69, 9.17) is 15.2 Å². The summed E-state index contributed by atoms with van der Waals surface area (Å²) in [7, 11) is 0. The first-order valence-corrected chi connectivity index (χ1v) is 11.8. The number of nitrogens with two attached hydrogens (primary N) is 1. The van der Waals surface area contributed by atoms with Gasteiger partial charge in [-0.1, -0.05) is 78.9 Å². The molecule has 1 aliphatic rings. The number of amides is 3. The quantitative estimate of drug-likeness (QED) is 0.390. The van der Waals surface area contributed by atoms with Crippen molar-refractivity contribution in [3.8, 4) is 11.1 Å². The maximum Gasteiger partial charge on any atom is 0.407 e. The van der Waals surface area contributed by atoms with Gasteiger partial charge in [0.15, 0.2) is 5.78 Å². The number of carbonyl (C=O) groups excluding carboxylic acids is 4. The van der Waals surface area contributed by atoms with E-state index in [1.807, 2.05) is 66.7 Å². The lowest BCUT2D eigenvalue weighted by atomic mass is 9.98. The van der Waals surface area contributed by atoms with Gasteiger partial charge in [-0.05, 0) is 27.8 Å². The number of benzene rings is 3. The van der Waals surface area contributed by atoms with Gasteiger partial charge in [0.1, 0.15) is 19.3 Å². The molecule has 4 rings (SSSR count). The Morgan fingerprint density at radius 1 is 0.784 bits per heavy atom. The van der Waals surface area contributed by atoms with Crippen LogP contribution >= 0.6 is 0 Å². The van der Waals surface area contributed by atoms with Gasteiger partial charge >= 0.3 is 12.2 Å². The Bertz CT molecular complexity index is 1250. The summed E-state index contributed by atoms with van der Waals surface area (Å²) in [6.07, 6.45) is -2.12. The molecule has 0 unspecified atom stereocenters. The molecule has 3 aromatic rings. The number of ketones is 1. The SMILES string of the molecule is NC(=O)C[C@H](NC(=O)OCC1c2ccccc2-c2ccccc21)C(=O)CNC(=O)OCc1ccccc1. The van der Waals surface area contributed by atoms with Crippen LogP contribution in [-0.2, 0) is 25.7 Å². The van der Waals surface area contributed by atoms with E-state index in [9.17, 15) is 19.2 Å². The Morgan fingerprint density at radius 3 is 2.00 bits per heavy atom. The molecule has 0 spiro atoms. The molecule has 1 aliphatic carbocycles. The van der Waals surface area contributed by atoms with E-state index in [-0.39, 0.29) is 19.1 Å². The third kappa shape index (κ3) is 6.52. The lowest BCUT2D eigenvalue weighted by Crippen LogP contribution is -2.47. The summed E-state index contributed by atoms with van der Waals surface area (Å²) in [5, 5.41) is 4.72. The normalized spacial score (nSPS) is 12.5. The second-order valence-electron chi connectivity index (χ2n) is 8.57. The second kappa shape index (κ2) is 11.9. The van der Waals surface area contributed by atoms with Crippen molar-refractivity contribution >= 4 is 23.9 Å². The second-order valence-corrected chi connectivity index (χ2v) is 8.57. The largest absolute Gasteiger partial charge is 0.449 e. The van der Waals surface area contributed by atoms with Crippen LogP contribution in [0.25, 0.3) is 11.1 Å². The number of hydrogen-bond acceptors (Lipinski definition) is 6. The molecule has 0 aliphatic heterocycles. The molecule has 0 aromatic heterocycles. The number of alkyl carbamates (subject to hydrolysis) is 2. The molecule has 9 nitrogen and oxygen atoms in total. The molecule has 1 atom stereocenters. The van der Waals surface area contributed by atoms with Crippen molar-refractivity contribution in [2.75, 3.05) is 13.2 Å². The molecular formula is C28H27N3O6. The van der Waals surface area contributed by atoms with Crippen LogP contribution in [-0.4, -0.2) is 43.1 Å². The molecule has 37 heavy (non-hydrogen) atoms. The van der Waals surface area contributed by atoms with Crippen molar-refractivity contribution in [3.63, 3.8) is 0 Å². The van der Waals surface area contributed by atoms with E-state index in [1.165, 1.54) is 0 Å². The molecule has 0 heterocycles. The zero-order valence-corrected chi connectivity index (χ0v) is 20.0. The molecule has 0 radical (unpaired) electrons. The van der Waals surface area contributed by atoms with Gasteiger partial charge in [0.25, 0.3) is 0 Å². The number of rotatable bonds is 10. The Hall–Kier alpha value is -4.66. The van der Waals surface area contributed by atoms with Crippen molar-refractivity contribution in [1.82, 2.24) is 10.6 Å². The predicted molar refractivity (Wildman–Crippen MR) is 135 cm³/mol. The van der Waals surface area contributed by atoms with Crippen LogP contribution in [0.1, 0.15) is 29.0 Å². The van der Waals surface area contributed by atoms with Crippen molar-refractivity contribution in [2.45, 2.75) is 25.0 Å².